The highest BCUT2D eigenvalue weighted by Gasteiger charge is 2.26. The summed E-state index contributed by atoms with van der Waals surface area (Å²) in [5.74, 6) is 0. The Morgan fingerprint density at radius 1 is 2.00 bits per heavy atom. The summed E-state index contributed by atoms with van der Waals surface area (Å²) in [7, 11) is 0. The van der Waals surface area contributed by atoms with E-state index in [1.165, 1.54) is 0 Å². The molecule has 1 heterocycles. The SMILES string of the molecule is C[C@H](Br)[C@@H]1CO1. The standard InChI is InChI=1S/C4H7BrO/c1-3(5)4-2-6-4/h3-4H,2H2,1H3/t3-,4-/m0/s1. The first-order chi connectivity index (χ1) is 2.80. The van der Waals surface area contributed by atoms with Crippen LogP contribution in [-0.4, -0.2) is 17.5 Å². The number of hydrogen-bond donors (Lipinski definition) is 0. The van der Waals surface area contributed by atoms with Crippen LogP contribution in [0, 0.1) is 0 Å². The molecule has 0 radical (unpaired) electrons. The van der Waals surface area contributed by atoms with Crippen molar-refractivity contribution >= 4 is 15.9 Å². The number of alkyl halides is 1. The quantitative estimate of drug-likeness (QED) is 0.404. The van der Waals surface area contributed by atoms with E-state index in [4.69, 9.17) is 4.74 Å². The third kappa shape index (κ3) is 0.949. The van der Waals surface area contributed by atoms with Gasteiger partial charge in [-0.25, -0.2) is 0 Å². The van der Waals surface area contributed by atoms with Gasteiger partial charge in [0.25, 0.3) is 0 Å². The summed E-state index contributed by atoms with van der Waals surface area (Å²) in [5, 5.41) is 0. The van der Waals surface area contributed by atoms with E-state index in [2.05, 4.69) is 22.9 Å². The van der Waals surface area contributed by atoms with Gasteiger partial charge in [0.2, 0.25) is 0 Å². The molecule has 0 saturated carbocycles. The van der Waals surface area contributed by atoms with Crippen molar-refractivity contribution in [3.05, 3.63) is 0 Å². The molecule has 0 aromatic carbocycles. The number of ether oxygens (including phenoxy) is 1. The molecule has 2 heteroatoms. The predicted octanol–water partition coefficient (Wildman–Crippen LogP) is 1.17. The van der Waals surface area contributed by atoms with E-state index in [1.54, 1.807) is 0 Å². The van der Waals surface area contributed by atoms with Crippen LogP contribution in [0.25, 0.3) is 0 Å². The Morgan fingerprint density at radius 3 is 2.50 bits per heavy atom. The van der Waals surface area contributed by atoms with Crippen LogP contribution in [0.3, 0.4) is 0 Å². The predicted molar refractivity (Wildman–Crippen MR) is 28.1 cm³/mol. The van der Waals surface area contributed by atoms with E-state index < -0.39 is 0 Å². The second kappa shape index (κ2) is 1.51. The average Bonchev–Trinajstić information content (AvgIpc) is 2.06. The van der Waals surface area contributed by atoms with Crippen molar-refractivity contribution in [1.82, 2.24) is 0 Å². The van der Waals surface area contributed by atoms with Crippen molar-refractivity contribution in [2.24, 2.45) is 0 Å². The molecular formula is C4H7BrO. The Morgan fingerprint density at radius 2 is 2.50 bits per heavy atom. The minimum absolute atomic E-state index is 0.519. The van der Waals surface area contributed by atoms with Gasteiger partial charge in [-0.2, -0.15) is 0 Å². The average molecular weight is 151 g/mol. The summed E-state index contributed by atoms with van der Waals surface area (Å²) in [5.41, 5.74) is 0. The molecule has 0 spiro atoms. The molecule has 0 N–H and O–H groups in total. The van der Waals surface area contributed by atoms with Gasteiger partial charge in [-0.15, -0.1) is 0 Å². The summed E-state index contributed by atoms with van der Waals surface area (Å²) in [6, 6.07) is 0. The van der Waals surface area contributed by atoms with Gasteiger partial charge in [0.05, 0.1) is 12.7 Å². The molecule has 0 aromatic rings. The fraction of sp³-hybridized carbons (Fsp3) is 1.00. The summed E-state index contributed by atoms with van der Waals surface area (Å²) >= 11 is 3.38. The minimum atomic E-state index is 0.519. The third-order valence-electron chi connectivity index (χ3n) is 0.871. The van der Waals surface area contributed by atoms with Crippen LogP contribution in [-0.2, 0) is 4.74 Å². The molecule has 0 aliphatic carbocycles. The van der Waals surface area contributed by atoms with Crippen LogP contribution in [0.4, 0.5) is 0 Å². The molecular weight excluding hydrogens is 144 g/mol. The van der Waals surface area contributed by atoms with E-state index in [9.17, 15) is 0 Å². The molecule has 1 aliphatic heterocycles. The highest BCUT2D eigenvalue weighted by atomic mass is 79.9. The van der Waals surface area contributed by atoms with E-state index >= 15 is 0 Å². The Balaban J connectivity index is 2.13. The van der Waals surface area contributed by atoms with Crippen molar-refractivity contribution in [2.75, 3.05) is 6.61 Å². The molecule has 0 bridgehead atoms. The van der Waals surface area contributed by atoms with Crippen LogP contribution in [0.5, 0.6) is 0 Å². The Bertz CT molecular complexity index is 49.5. The lowest BCUT2D eigenvalue weighted by Gasteiger charge is -1.88. The van der Waals surface area contributed by atoms with Crippen LogP contribution in [0.15, 0.2) is 0 Å². The molecule has 6 heavy (non-hydrogen) atoms. The van der Waals surface area contributed by atoms with E-state index in [0.717, 1.165) is 6.61 Å². The molecule has 1 aliphatic rings. The second-order valence-electron chi connectivity index (χ2n) is 1.55. The zero-order valence-electron chi connectivity index (χ0n) is 3.65. The lowest BCUT2D eigenvalue weighted by Crippen LogP contribution is -1.97. The van der Waals surface area contributed by atoms with Crippen LogP contribution < -0.4 is 0 Å². The van der Waals surface area contributed by atoms with Gasteiger partial charge >= 0.3 is 0 Å². The van der Waals surface area contributed by atoms with Crippen molar-refractivity contribution in [3.63, 3.8) is 0 Å². The Labute approximate surface area is 45.8 Å². The zero-order chi connectivity index (χ0) is 4.57. The van der Waals surface area contributed by atoms with Crippen LogP contribution in [0.1, 0.15) is 6.92 Å². The first kappa shape index (κ1) is 4.60. The maximum absolute atomic E-state index is 4.92. The fourth-order valence-corrected chi connectivity index (χ4v) is 0.626. The summed E-state index contributed by atoms with van der Waals surface area (Å²) in [6.07, 6.45) is 0.519. The van der Waals surface area contributed by atoms with E-state index in [-0.39, 0.29) is 0 Å². The monoisotopic (exact) mass is 150 g/mol. The minimum Gasteiger partial charge on any atom is -0.372 e. The zero-order valence-corrected chi connectivity index (χ0v) is 5.23. The van der Waals surface area contributed by atoms with Crippen LogP contribution >= 0.6 is 15.9 Å². The Hall–Kier alpha value is 0.440. The van der Waals surface area contributed by atoms with Crippen molar-refractivity contribution in [2.45, 2.75) is 17.9 Å². The first-order valence-electron chi connectivity index (χ1n) is 2.06. The second-order valence-corrected chi connectivity index (χ2v) is 2.99. The first-order valence-corrected chi connectivity index (χ1v) is 2.98. The van der Waals surface area contributed by atoms with Crippen molar-refractivity contribution in [1.29, 1.82) is 0 Å². The normalized spacial score (nSPS) is 36.0. The largest absolute Gasteiger partial charge is 0.372 e. The highest BCUT2D eigenvalue weighted by Crippen LogP contribution is 2.19. The lowest BCUT2D eigenvalue weighted by molar-refractivity contribution is 0.409. The van der Waals surface area contributed by atoms with E-state index in [1.807, 2.05) is 0 Å². The fourth-order valence-electron chi connectivity index (χ4n) is 0.321. The Kier molecular flexibility index (Phi) is 1.15. The van der Waals surface area contributed by atoms with Gasteiger partial charge in [-0.1, -0.05) is 22.9 Å². The summed E-state index contributed by atoms with van der Waals surface area (Å²) < 4.78 is 4.92. The molecule has 36 valence electrons. The van der Waals surface area contributed by atoms with Gasteiger partial charge < -0.3 is 4.74 Å². The number of epoxide rings is 1. The number of halogens is 1. The molecule has 2 atom stereocenters. The number of hydrogen-bond acceptors (Lipinski definition) is 1. The smallest absolute Gasteiger partial charge is 0.0931 e. The molecule has 0 unspecified atom stereocenters. The summed E-state index contributed by atoms with van der Waals surface area (Å²) in [6.45, 7) is 3.05. The number of rotatable bonds is 1. The summed E-state index contributed by atoms with van der Waals surface area (Å²) in [4.78, 5) is 0.553. The van der Waals surface area contributed by atoms with Crippen molar-refractivity contribution in [3.8, 4) is 0 Å². The van der Waals surface area contributed by atoms with Gasteiger partial charge in [-0.05, 0) is 0 Å². The molecule has 1 nitrogen and oxygen atoms in total. The van der Waals surface area contributed by atoms with Gasteiger partial charge in [0.15, 0.2) is 0 Å². The molecule has 1 rings (SSSR count). The van der Waals surface area contributed by atoms with E-state index in [0.29, 0.717) is 10.9 Å². The van der Waals surface area contributed by atoms with Crippen LogP contribution in [0.2, 0.25) is 0 Å². The van der Waals surface area contributed by atoms with Gasteiger partial charge in [0, 0.05) is 4.83 Å². The highest BCUT2D eigenvalue weighted by molar-refractivity contribution is 9.09. The maximum atomic E-state index is 4.92. The topological polar surface area (TPSA) is 12.5 Å². The maximum Gasteiger partial charge on any atom is 0.0931 e. The van der Waals surface area contributed by atoms with Crippen molar-refractivity contribution < 1.29 is 4.74 Å². The third-order valence-corrected chi connectivity index (χ3v) is 1.46. The molecule has 0 amide bonds. The van der Waals surface area contributed by atoms with Gasteiger partial charge in [0.1, 0.15) is 0 Å². The molecule has 0 aromatic heterocycles. The lowest BCUT2D eigenvalue weighted by atomic mass is 10.4. The van der Waals surface area contributed by atoms with Gasteiger partial charge in [-0.3, -0.25) is 0 Å². The molecule has 1 fully saturated rings. The molecule has 1 saturated heterocycles.